The van der Waals surface area contributed by atoms with Gasteiger partial charge in [0.2, 0.25) is 0 Å². The average Bonchev–Trinajstić information content (AvgIpc) is 2.56. The molecule has 0 bridgehead atoms. The van der Waals surface area contributed by atoms with Crippen molar-refractivity contribution in [1.29, 1.82) is 0 Å². The van der Waals surface area contributed by atoms with E-state index in [4.69, 9.17) is 18.9 Å². The van der Waals surface area contributed by atoms with E-state index in [1.165, 1.54) is 0 Å². The Hall–Kier alpha value is -0.160. The molecular weight excluding hydrogens is 184 g/mol. The molecule has 0 aromatic carbocycles. The lowest BCUT2D eigenvalue weighted by molar-refractivity contribution is -0.220. The fourth-order valence-electron chi connectivity index (χ4n) is 2.57. The van der Waals surface area contributed by atoms with Gasteiger partial charge >= 0.3 is 0 Å². The molecule has 3 aliphatic heterocycles. The Morgan fingerprint density at radius 1 is 1.21 bits per heavy atom. The van der Waals surface area contributed by atoms with E-state index in [1.807, 2.05) is 13.8 Å². The zero-order valence-electron chi connectivity index (χ0n) is 8.56. The number of hydrogen-bond acceptors (Lipinski definition) is 4. The first-order valence-corrected chi connectivity index (χ1v) is 5.24. The second kappa shape index (κ2) is 2.92. The van der Waals surface area contributed by atoms with E-state index in [-0.39, 0.29) is 18.5 Å². The number of fused-ring (bicyclic) bond motifs is 3. The van der Waals surface area contributed by atoms with E-state index < -0.39 is 5.79 Å². The minimum Gasteiger partial charge on any atom is -0.379 e. The van der Waals surface area contributed by atoms with Gasteiger partial charge in [-0.05, 0) is 20.3 Å². The van der Waals surface area contributed by atoms with Crippen molar-refractivity contribution in [1.82, 2.24) is 0 Å². The summed E-state index contributed by atoms with van der Waals surface area (Å²) in [5, 5.41) is 0. The van der Waals surface area contributed by atoms with Gasteiger partial charge in [-0.1, -0.05) is 0 Å². The van der Waals surface area contributed by atoms with Gasteiger partial charge in [-0.2, -0.15) is 0 Å². The molecule has 3 heterocycles. The summed E-state index contributed by atoms with van der Waals surface area (Å²) >= 11 is 0. The molecular formula is C10H16O4. The van der Waals surface area contributed by atoms with E-state index >= 15 is 0 Å². The topological polar surface area (TPSA) is 36.9 Å². The summed E-state index contributed by atoms with van der Waals surface area (Å²) in [6, 6.07) is 0. The van der Waals surface area contributed by atoms with E-state index in [1.54, 1.807) is 0 Å². The Bertz CT molecular complexity index is 240. The van der Waals surface area contributed by atoms with E-state index in [2.05, 4.69) is 0 Å². The van der Waals surface area contributed by atoms with Crippen LogP contribution >= 0.6 is 0 Å². The van der Waals surface area contributed by atoms with Crippen LogP contribution in [0.3, 0.4) is 0 Å². The smallest absolute Gasteiger partial charge is 0.187 e. The summed E-state index contributed by atoms with van der Waals surface area (Å²) in [4.78, 5) is 0. The predicted molar refractivity (Wildman–Crippen MR) is 47.6 cm³/mol. The monoisotopic (exact) mass is 200 g/mol. The Kier molecular flexibility index (Phi) is 1.89. The van der Waals surface area contributed by atoms with Crippen LogP contribution < -0.4 is 0 Å². The van der Waals surface area contributed by atoms with Crippen molar-refractivity contribution in [3.05, 3.63) is 0 Å². The minimum atomic E-state index is -0.487. The van der Waals surface area contributed by atoms with Crippen LogP contribution in [0.4, 0.5) is 0 Å². The molecule has 3 fully saturated rings. The first-order chi connectivity index (χ1) is 6.66. The summed E-state index contributed by atoms with van der Waals surface area (Å²) in [7, 11) is 0. The Morgan fingerprint density at radius 2 is 2.07 bits per heavy atom. The van der Waals surface area contributed by atoms with Crippen molar-refractivity contribution >= 4 is 0 Å². The number of hydrogen-bond donors (Lipinski definition) is 0. The van der Waals surface area contributed by atoms with Gasteiger partial charge in [0.1, 0.15) is 6.10 Å². The van der Waals surface area contributed by atoms with Crippen LogP contribution in [0.2, 0.25) is 0 Å². The lowest BCUT2D eigenvalue weighted by Crippen LogP contribution is -2.36. The third-order valence-electron chi connectivity index (χ3n) is 3.17. The zero-order valence-corrected chi connectivity index (χ0v) is 8.56. The molecule has 3 rings (SSSR count). The number of ether oxygens (including phenoxy) is 4. The summed E-state index contributed by atoms with van der Waals surface area (Å²) < 4.78 is 22.6. The van der Waals surface area contributed by atoms with Gasteiger partial charge in [0.25, 0.3) is 0 Å². The average molecular weight is 200 g/mol. The molecule has 4 atom stereocenters. The highest BCUT2D eigenvalue weighted by Crippen LogP contribution is 2.43. The maximum absolute atomic E-state index is 5.84. The normalized spacial score (nSPS) is 50.1. The summed E-state index contributed by atoms with van der Waals surface area (Å²) in [5.41, 5.74) is 0. The quantitative estimate of drug-likeness (QED) is 0.582. The Labute approximate surface area is 83.5 Å². The van der Waals surface area contributed by atoms with Crippen LogP contribution in [0.25, 0.3) is 0 Å². The molecule has 0 N–H and O–H groups in total. The highest BCUT2D eigenvalue weighted by atomic mass is 16.8. The van der Waals surface area contributed by atoms with Crippen LogP contribution in [0.5, 0.6) is 0 Å². The molecule has 0 spiro atoms. The van der Waals surface area contributed by atoms with Gasteiger partial charge in [0, 0.05) is 12.5 Å². The molecule has 0 unspecified atom stereocenters. The summed E-state index contributed by atoms with van der Waals surface area (Å²) in [6.45, 7) is 5.37. The molecule has 80 valence electrons. The van der Waals surface area contributed by atoms with Crippen LogP contribution in [-0.4, -0.2) is 37.5 Å². The third kappa shape index (κ3) is 1.29. The summed E-state index contributed by atoms with van der Waals surface area (Å²) in [5.74, 6) is -0.0333. The van der Waals surface area contributed by atoms with Gasteiger partial charge < -0.3 is 18.9 Å². The minimum absolute atomic E-state index is 0.110. The predicted octanol–water partition coefficient (Wildman–Crippen LogP) is 0.899. The molecule has 0 aromatic heterocycles. The van der Waals surface area contributed by atoms with Gasteiger partial charge in [-0.3, -0.25) is 0 Å². The van der Waals surface area contributed by atoms with Crippen LogP contribution in [0, 0.1) is 5.92 Å². The van der Waals surface area contributed by atoms with Gasteiger partial charge in [-0.25, -0.2) is 0 Å². The lowest BCUT2D eigenvalue weighted by atomic mass is 9.94. The van der Waals surface area contributed by atoms with Crippen LogP contribution in [-0.2, 0) is 18.9 Å². The molecule has 14 heavy (non-hydrogen) atoms. The van der Waals surface area contributed by atoms with Crippen molar-refractivity contribution in [3.63, 3.8) is 0 Å². The van der Waals surface area contributed by atoms with Crippen molar-refractivity contribution in [2.45, 2.75) is 44.6 Å². The maximum Gasteiger partial charge on any atom is 0.187 e. The van der Waals surface area contributed by atoms with Crippen molar-refractivity contribution in [2.75, 3.05) is 13.2 Å². The van der Waals surface area contributed by atoms with Crippen LogP contribution in [0.15, 0.2) is 0 Å². The molecule has 0 amide bonds. The summed E-state index contributed by atoms with van der Waals surface area (Å²) in [6.07, 6.45) is 1.13. The fraction of sp³-hybridized carbons (Fsp3) is 1.00. The molecule has 0 saturated carbocycles. The van der Waals surface area contributed by atoms with Crippen molar-refractivity contribution < 1.29 is 18.9 Å². The molecule has 4 nitrogen and oxygen atoms in total. The SMILES string of the molecule is CC1(C)O[C@H]2O[C@@H]3COCC[C@@H]3[C@H]2O1. The van der Waals surface area contributed by atoms with E-state index in [0.717, 1.165) is 13.0 Å². The van der Waals surface area contributed by atoms with Gasteiger partial charge in [0.15, 0.2) is 12.1 Å². The first kappa shape index (κ1) is 9.09. The molecule has 0 aliphatic carbocycles. The van der Waals surface area contributed by atoms with Crippen molar-refractivity contribution in [2.24, 2.45) is 5.92 Å². The molecule has 0 aromatic rings. The molecule has 0 radical (unpaired) electrons. The van der Waals surface area contributed by atoms with E-state index in [9.17, 15) is 0 Å². The van der Waals surface area contributed by atoms with Gasteiger partial charge in [0.05, 0.1) is 12.7 Å². The van der Waals surface area contributed by atoms with Crippen LogP contribution in [0.1, 0.15) is 20.3 Å². The first-order valence-electron chi connectivity index (χ1n) is 5.24. The zero-order chi connectivity index (χ0) is 9.76. The number of rotatable bonds is 0. The fourth-order valence-corrected chi connectivity index (χ4v) is 2.57. The molecule has 3 aliphatic rings. The molecule has 4 heteroatoms. The Balaban J connectivity index is 1.78. The van der Waals surface area contributed by atoms with E-state index in [0.29, 0.717) is 12.5 Å². The highest BCUT2D eigenvalue weighted by Gasteiger charge is 2.55. The Morgan fingerprint density at radius 3 is 2.93 bits per heavy atom. The largest absolute Gasteiger partial charge is 0.379 e. The standard InChI is InChI=1S/C10H16O4/c1-10(2)13-8-6-3-4-11-5-7(6)12-9(8)14-10/h6-9H,3-5H2,1-2H3/t6-,7+,8+,9+/m0/s1. The lowest BCUT2D eigenvalue weighted by Gasteiger charge is -2.28. The third-order valence-corrected chi connectivity index (χ3v) is 3.17. The second-order valence-corrected chi connectivity index (χ2v) is 4.67. The highest BCUT2D eigenvalue weighted by molar-refractivity contribution is 4.93. The second-order valence-electron chi connectivity index (χ2n) is 4.67. The maximum atomic E-state index is 5.84. The van der Waals surface area contributed by atoms with Crippen molar-refractivity contribution in [3.8, 4) is 0 Å². The van der Waals surface area contributed by atoms with Gasteiger partial charge in [-0.15, -0.1) is 0 Å². The molecule has 3 saturated heterocycles.